The molecule has 2 rings (SSSR count). The molecule has 0 saturated carbocycles. The molecule has 0 amide bonds. The van der Waals surface area contributed by atoms with Crippen molar-refractivity contribution in [2.45, 2.75) is 25.3 Å². The number of H-pyrrole nitrogens is 1. The molecule has 0 radical (unpaired) electrons. The third-order valence-corrected chi connectivity index (χ3v) is 3.62. The zero-order chi connectivity index (χ0) is 9.64. The smallest absolute Gasteiger partial charge is 0.107 e. The van der Waals surface area contributed by atoms with Crippen LogP contribution in [-0.4, -0.2) is 34.1 Å². The van der Waals surface area contributed by atoms with Crippen molar-refractivity contribution in [3.8, 4) is 0 Å². The van der Waals surface area contributed by atoms with Gasteiger partial charge in [0, 0.05) is 31.4 Å². The molecule has 0 aliphatic carbocycles. The number of thioether (sulfide) groups is 1. The van der Waals surface area contributed by atoms with Crippen molar-refractivity contribution in [1.82, 2.24) is 15.3 Å². The van der Waals surface area contributed by atoms with Crippen LogP contribution in [0.3, 0.4) is 0 Å². The van der Waals surface area contributed by atoms with E-state index in [0.717, 1.165) is 24.8 Å². The van der Waals surface area contributed by atoms with Crippen LogP contribution < -0.4 is 5.32 Å². The van der Waals surface area contributed by atoms with Crippen LogP contribution >= 0.6 is 11.8 Å². The Balaban J connectivity index is 1.62. The van der Waals surface area contributed by atoms with E-state index in [1.807, 2.05) is 12.4 Å². The number of hydrogen-bond donors (Lipinski definition) is 2. The average Bonchev–Trinajstić information content (AvgIpc) is 2.72. The molecular formula is C10H17N3S. The first-order chi connectivity index (χ1) is 6.95. The van der Waals surface area contributed by atoms with Gasteiger partial charge < -0.3 is 10.3 Å². The van der Waals surface area contributed by atoms with Crippen LogP contribution in [0.15, 0.2) is 12.4 Å². The minimum absolute atomic E-state index is 0.742. The highest BCUT2D eigenvalue weighted by Gasteiger charge is 2.12. The van der Waals surface area contributed by atoms with Crippen molar-refractivity contribution in [3.05, 3.63) is 18.2 Å². The van der Waals surface area contributed by atoms with E-state index in [-0.39, 0.29) is 0 Å². The lowest BCUT2D eigenvalue weighted by atomic mass is 10.1. The Hall–Kier alpha value is -0.480. The van der Waals surface area contributed by atoms with Crippen molar-refractivity contribution < 1.29 is 0 Å². The standard InChI is InChI=1S/C10H17N3S/c1(10-12-5-6-13-10)4-11-9-2-7-14-8-3-9/h5-6,9,11H,1-4,7-8H2,(H,12,13). The Labute approximate surface area is 89.1 Å². The first-order valence-electron chi connectivity index (χ1n) is 5.24. The number of nitrogens with zero attached hydrogens (tertiary/aromatic N) is 1. The first kappa shape index (κ1) is 10.1. The second-order valence-corrected chi connectivity index (χ2v) is 4.85. The van der Waals surface area contributed by atoms with E-state index >= 15 is 0 Å². The Morgan fingerprint density at radius 1 is 1.50 bits per heavy atom. The predicted molar refractivity (Wildman–Crippen MR) is 60.6 cm³/mol. The second-order valence-electron chi connectivity index (χ2n) is 3.63. The van der Waals surface area contributed by atoms with Crippen molar-refractivity contribution in [1.29, 1.82) is 0 Å². The Bertz CT molecular complexity index is 242. The molecule has 0 atom stereocenters. The van der Waals surface area contributed by atoms with E-state index in [2.05, 4.69) is 27.0 Å². The third-order valence-electron chi connectivity index (χ3n) is 2.57. The minimum Gasteiger partial charge on any atom is -0.349 e. The lowest BCUT2D eigenvalue weighted by Gasteiger charge is -2.22. The molecule has 1 aromatic rings. The molecule has 1 fully saturated rings. The van der Waals surface area contributed by atoms with Crippen LogP contribution in [0.4, 0.5) is 0 Å². The number of aromatic nitrogens is 2. The van der Waals surface area contributed by atoms with Gasteiger partial charge >= 0.3 is 0 Å². The van der Waals surface area contributed by atoms with E-state index in [9.17, 15) is 0 Å². The average molecular weight is 211 g/mol. The van der Waals surface area contributed by atoms with E-state index in [0.29, 0.717) is 0 Å². The van der Waals surface area contributed by atoms with Gasteiger partial charge in [0.2, 0.25) is 0 Å². The molecule has 1 aliphatic heterocycles. The molecule has 1 aliphatic rings. The van der Waals surface area contributed by atoms with Crippen LogP contribution in [0.1, 0.15) is 18.7 Å². The van der Waals surface area contributed by atoms with Gasteiger partial charge in [0.25, 0.3) is 0 Å². The third kappa shape index (κ3) is 3.03. The monoisotopic (exact) mass is 211 g/mol. The van der Waals surface area contributed by atoms with E-state index in [1.165, 1.54) is 24.3 Å². The molecule has 14 heavy (non-hydrogen) atoms. The lowest BCUT2D eigenvalue weighted by Crippen LogP contribution is -2.34. The predicted octanol–water partition coefficient (Wildman–Crippen LogP) is 1.44. The molecular weight excluding hydrogens is 194 g/mol. The Kier molecular flexibility index (Phi) is 3.89. The fourth-order valence-electron chi connectivity index (χ4n) is 1.73. The molecule has 3 nitrogen and oxygen atoms in total. The number of aromatic amines is 1. The van der Waals surface area contributed by atoms with Gasteiger partial charge in [-0.25, -0.2) is 4.98 Å². The molecule has 78 valence electrons. The second kappa shape index (κ2) is 5.41. The normalized spacial score (nSPS) is 18.6. The highest BCUT2D eigenvalue weighted by Crippen LogP contribution is 2.16. The molecule has 0 aromatic carbocycles. The summed E-state index contributed by atoms with van der Waals surface area (Å²) in [4.78, 5) is 7.32. The maximum absolute atomic E-state index is 4.20. The maximum Gasteiger partial charge on any atom is 0.107 e. The molecule has 2 N–H and O–H groups in total. The Morgan fingerprint density at radius 3 is 3.07 bits per heavy atom. The van der Waals surface area contributed by atoms with Gasteiger partial charge in [-0.05, 0) is 24.3 Å². The molecule has 1 saturated heterocycles. The Morgan fingerprint density at radius 2 is 2.36 bits per heavy atom. The number of imidazole rings is 1. The lowest BCUT2D eigenvalue weighted by molar-refractivity contribution is 0.484. The van der Waals surface area contributed by atoms with Gasteiger partial charge in [-0.3, -0.25) is 0 Å². The van der Waals surface area contributed by atoms with Crippen LogP contribution in [0.2, 0.25) is 0 Å². The number of rotatable bonds is 4. The molecule has 0 bridgehead atoms. The quantitative estimate of drug-likeness (QED) is 0.791. The van der Waals surface area contributed by atoms with Crippen LogP contribution in [0, 0.1) is 0 Å². The van der Waals surface area contributed by atoms with Crippen molar-refractivity contribution in [2.75, 3.05) is 18.1 Å². The molecule has 0 unspecified atom stereocenters. The summed E-state index contributed by atoms with van der Waals surface area (Å²) in [6.07, 6.45) is 7.35. The van der Waals surface area contributed by atoms with Gasteiger partial charge in [0.15, 0.2) is 0 Å². The van der Waals surface area contributed by atoms with Gasteiger partial charge in [-0.15, -0.1) is 0 Å². The van der Waals surface area contributed by atoms with Crippen LogP contribution in [-0.2, 0) is 6.42 Å². The highest BCUT2D eigenvalue weighted by molar-refractivity contribution is 7.99. The SMILES string of the molecule is c1c[nH]c(CCNC2CCSCC2)n1. The topological polar surface area (TPSA) is 40.7 Å². The van der Waals surface area contributed by atoms with Crippen LogP contribution in [0.25, 0.3) is 0 Å². The fraction of sp³-hybridized carbons (Fsp3) is 0.700. The van der Waals surface area contributed by atoms with Gasteiger partial charge in [-0.1, -0.05) is 0 Å². The summed E-state index contributed by atoms with van der Waals surface area (Å²) < 4.78 is 0. The van der Waals surface area contributed by atoms with Gasteiger partial charge in [-0.2, -0.15) is 11.8 Å². The summed E-state index contributed by atoms with van der Waals surface area (Å²) in [7, 11) is 0. The summed E-state index contributed by atoms with van der Waals surface area (Å²) in [5, 5.41) is 3.59. The number of hydrogen-bond acceptors (Lipinski definition) is 3. The maximum atomic E-state index is 4.20. The van der Waals surface area contributed by atoms with E-state index in [4.69, 9.17) is 0 Å². The van der Waals surface area contributed by atoms with Crippen molar-refractivity contribution in [3.63, 3.8) is 0 Å². The molecule has 0 spiro atoms. The molecule has 1 aromatic heterocycles. The zero-order valence-corrected chi connectivity index (χ0v) is 9.15. The molecule has 4 heteroatoms. The highest BCUT2D eigenvalue weighted by atomic mass is 32.2. The van der Waals surface area contributed by atoms with Gasteiger partial charge in [0.1, 0.15) is 5.82 Å². The van der Waals surface area contributed by atoms with Crippen molar-refractivity contribution in [2.24, 2.45) is 0 Å². The fourth-order valence-corrected chi connectivity index (χ4v) is 2.84. The van der Waals surface area contributed by atoms with E-state index in [1.54, 1.807) is 0 Å². The van der Waals surface area contributed by atoms with E-state index < -0.39 is 0 Å². The largest absolute Gasteiger partial charge is 0.349 e. The summed E-state index contributed by atoms with van der Waals surface area (Å²) in [6, 6.07) is 0.742. The van der Waals surface area contributed by atoms with Crippen molar-refractivity contribution >= 4 is 11.8 Å². The first-order valence-corrected chi connectivity index (χ1v) is 6.40. The summed E-state index contributed by atoms with van der Waals surface area (Å²) in [5.41, 5.74) is 0. The summed E-state index contributed by atoms with van der Waals surface area (Å²) in [6.45, 7) is 1.04. The number of nitrogens with one attached hydrogen (secondary N) is 2. The minimum atomic E-state index is 0.742. The molecule has 2 heterocycles. The van der Waals surface area contributed by atoms with Gasteiger partial charge in [0.05, 0.1) is 0 Å². The zero-order valence-electron chi connectivity index (χ0n) is 8.33. The summed E-state index contributed by atoms with van der Waals surface area (Å²) >= 11 is 2.07. The summed E-state index contributed by atoms with van der Waals surface area (Å²) in [5.74, 6) is 3.72. The van der Waals surface area contributed by atoms with Crippen LogP contribution in [0.5, 0.6) is 0 Å².